The smallest absolute Gasteiger partial charge is 0.416 e. The van der Waals surface area contributed by atoms with Gasteiger partial charge in [0.25, 0.3) is 0 Å². The van der Waals surface area contributed by atoms with Gasteiger partial charge in [-0.2, -0.15) is 13.2 Å². The molecule has 0 radical (unpaired) electrons. The molecule has 0 amide bonds. The van der Waals surface area contributed by atoms with Gasteiger partial charge in [-0.15, -0.1) is 0 Å². The molecule has 0 saturated carbocycles. The van der Waals surface area contributed by atoms with Gasteiger partial charge in [0.15, 0.2) is 0 Å². The van der Waals surface area contributed by atoms with Gasteiger partial charge in [0.05, 0.1) is 5.56 Å². The summed E-state index contributed by atoms with van der Waals surface area (Å²) in [6.07, 6.45) is -4.89. The first-order valence-electron chi connectivity index (χ1n) is 4.65. The zero-order valence-corrected chi connectivity index (χ0v) is 8.84. The van der Waals surface area contributed by atoms with E-state index in [0.717, 1.165) is 12.1 Å². The third kappa shape index (κ3) is 3.25. The van der Waals surface area contributed by atoms with E-state index in [1.165, 1.54) is 19.1 Å². The predicted molar refractivity (Wildman–Crippen MR) is 51.6 cm³/mol. The van der Waals surface area contributed by atoms with E-state index < -0.39 is 23.8 Å². The predicted octanol–water partition coefficient (Wildman–Crippen LogP) is 3.33. The highest BCUT2D eigenvalue weighted by atomic mass is 19.4. The van der Waals surface area contributed by atoms with Crippen molar-refractivity contribution in [2.75, 3.05) is 0 Å². The van der Waals surface area contributed by atoms with Crippen LogP contribution in [0, 0.1) is 0 Å². The van der Waals surface area contributed by atoms with Crippen LogP contribution in [0.4, 0.5) is 13.2 Å². The largest absolute Gasteiger partial charge is 0.458 e. The monoisotopic (exact) mass is 232 g/mol. The summed E-state index contributed by atoms with van der Waals surface area (Å²) in [6, 6.07) is 4.54. The van der Waals surface area contributed by atoms with Gasteiger partial charge in [-0.25, -0.2) is 0 Å². The van der Waals surface area contributed by atoms with E-state index in [-0.39, 0.29) is 0 Å². The molecule has 0 aliphatic rings. The minimum Gasteiger partial charge on any atom is -0.458 e. The van der Waals surface area contributed by atoms with E-state index >= 15 is 0 Å². The number of carbonyl (C=O) groups excluding carboxylic acids is 1. The molecule has 88 valence electrons. The van der Waals surface area contributed by atoms with Crippen molar-refractivity contribution in [2.24, 2.45) is 0 Å². The summed E-state index contributed by atoms with van der Waals surface area (Å²) < 4.78 is 41.6. The number of hydrogen-bond donors (Lipinski definition) is 0. The van der Waals surface area contributed by atoms with Crippen LogP contribution in [0.3, 0.4) is 0 Å². The van der Waals surface area contributed by atoms with Crippen molar-refractivity contribution in [3.8, 4) is 0 Å². The third-order valence-corrected chi connectivity index (χ3v) is 2.05. The first-order chi connectivity index (χ1) is 7.30. The van der Waals surface area contributed by atoms with Crippen molar-refractivity contribution in [3.63, 3.8) is 0 Å². The molecule has 1 aromatic rings. The Hall–Kier alpha value is -1.52. The summed E-state index contributed by atoms with van der Waals surface area (Å²) in [5.74, 6) is -0.465. The van der Waals surface area contributed by atoms with Gasteiger partial charge in [0, 0.05) is 6.92 Å². The van der Waals surface area contributed by atoms with E-state index in [1.807, 2.05) is 0 Å². The zero-order chi connectivity index (χ0) is 12.3. The van der Waals surface area contributed by atoms with Crippen LogP contribution < -0.4 is 0 Å². The molecule has 0 N–H and O–H groups in total. The summed E-state index contributed by atoms with van der Waals surface area (Å²) in [7, 11) is 0. The summed E-state index contributed by atoms with van der Waals surface area (Å²) in [6.45, 7) is 2.85. The Balaban J connectivity index is 2.83. The van der Waals surface area contributed by atoms with Crippen molar-refractivity contribution in [1.82, 2.24) is 0 Å². The minimum absolute atomic E-state index is 0.465. The highest BCUT2D eigenvalue weighted by molar-refractivity contribution is 5.66. The summed E-state index contributed by atoms with van der Waals surface area (Å²) in [5.41, 5.74) is -0.186. The standard InChI is InChI=1S/C11H11F3O2/c1-7(16-8(2)15)9-3-5-10(6-4-9)11(12,13)14/h3-7H,1-2H3. The third-order valence-electron chi connectivity index (χ3n) is 2.05. The fourth-order valence-corrected chi connectivity index (χ4v) is 1.26. The van der Waals surface area contributed by atoms with Crippen LogP contribution >= 0.6 is 0 Å². The highest BCUT2D eigenvalue weighted by Gasteiger charge is 2.30. The number of hydrogen-bond acceptors (Lipinski definition) is 2. The minimum atomic E-state index is -4.34. The molecule has 1 unspecified atom stereocenters. The number of alkyl halides is 3. The second-order valence-electron chi connectivity index (χ2n) is 3.37. The van der Waals surface area contributed by atoms with Crippen LogP contribution in [0.1, 0.15) is 31.1 Å². The van der Waals surface area contributed by atoms with Crippen molar-refractivity contribution in [3.05, 3.63) is 35.4 Å². The Morgan fingerprint density at radius 1 is 1.25 bits per heavy atom. The maximum absolute atomic E-state index is 12.2. The van der Waals surface area contributed by atoms with E-state index in [4.69, 9.17) is 4.74 Å². The van der Waals surface area contributed by atoms with Gasteiger partial charge in [0.1, 0.15) is 6.10 Å². The lowest BCUT2D eigenvalue weighted by Gasteiger charge is -2.13. The van der Waals surface area contributed by atoms with Gasteiger partial charge in [-0.05, 0) is 24.6 Å². The molecule has 1 rings (SSSR count). The second kappa shape index (κ2) is 4.55. The molecule has 1 atom stereocenters. The summed E-state index contributed by atoms with van der Waals surface area (Å²) in [4.78, 5) is 10.7. The Kier molecular flexibility index (Phi) is 3.57. The molecule has 0 aliphatic carbocycles. The Morgan fingerprint density at radius 3 is 2.12 bits per heavy atom. The maximum atomic E-state index is 12.2. The molecular weight excluding hydrogens is 221 g/mol. The Bertz CT molecular complexity index is 368. The topological polar surface area (TPSA) is 26.3 Å². The zero-order valence-electron chi connectivity index (χ0n) is 8.84. The molecule has 0 aliphatic heterocycles. The van der Waals surface area contributed by atoms with Crippen LogP contribution in [0.2, 0.25) is 0 Å². The van der Waals surface area contributed by atoms with E-state index in [1.54, 1.807) is 6.92 Å². The maximum Gasteiger partial charge on any atom is 0.416 e. The SMILES string of the molecule is CC(=O)OC(C)c1ccc(C(F)(F)F)cc1. The van der Waals surface area contributed by atoms with Crippen LogP contribution in [-0.2, 0) is 15.7 Å². The van der Waals surface area contributed by atoms with Crippen molar-refractivity contribution < 1.29 is 22.7 Å². The molecule has 0 heterocycles. The molecule has 0 aromatic heterocycles. The van der Waals surface area contributed by atoms with Gasteiger partial charge >= 0.3 is 12.1 Å². The molecule has 0 saturated heterocycles. The van der Waals surface area contributed by atoms with Crippen LogP contribution in [0.25, 0.3) is 0 Å². The lowest BCUT2D eigenvalue weighted by Crippen LogP contribution is -2.07. The van der Waals surface area contributed by atoms with Crippen LogP contribution in [0.5, 0.6) is 0 Å². The summed E-state index contributed by atoms with van der Waals surface area (Å²) in [5, 5.41) is 0. The lowest BCUT2D eigenvalue weighted by atomic mass is 10.1. The fourth-order valence-electron chi connectivity index (χ4n) is 1.26. The molecule has 0 spiro atoms. The molecule has 0 bridgehead atoms. The molecule has 5 heteroatoms. The van der Waals surface area contributed by atoms with E-state index in [0.29, 0.717) is 5.56 Å². The average molecular weight is 232 g/mol. The Labute approximate surface area is 91.0 Å². The average Bonchev–Trinajstić information content (AvgIpc) is 2.15. The molecule has 2 nitrogen and oxygen atoms in total. The lowest BCUT2D eigenvalue weighted by molar-refractivity contribution is -0.146. The Morgan fingerprint density at radius 2 is 1.75 bits per heavy atom. The summed E-state index contributed by atoms with van der Waals surface area (Å²) >= 11 is 0. The van der Waals surface area contributed by atoms with Crippen LogP contribution in [0.15, 0.2) is 24.3 Å². The second-order valence-corrected chi connectivity index (χ2v) is 3.37. The number of ether oxygens (including phenoxy) is 1. The van der Waals surface area contributed by atoms with E-state index in [9.17, 15) is 18.0 Å². The van der Waals surface area contributed by atoms with E-state index in [2.05, 4.69) is 0 Å². The number of benzene rings is 1. The molecular formula is C11H11F3O2. The number of carbonyl (C=O) groups is 1. The van der Waals surface area contributed by atoms with Gasteiger partial charge in [0.2, 0.25) is 0 Å². The van der Waals surface area contributed by atoms with Gasteiger partial charge in [-0.1, -0.05) is 12.1 Å². The normalized spacial score (nSPS) is 13.3. The van der Waals surface area contributed by atoms with Gasteiger partial charge < -0.3 is 4.74 Å². The number of halogens is 3. The fraction of sp³-hybridized carbons (Fsp3) is 0.364. The van der Waals surface area contributed by atoms with Crippen LogP contribution in [-0.4, -0.2) is 5.97 Å². The highest BCUT2D eigenvalue weighted by Crippen LogP contribution is 2.30. The molecule has 1 aromatic carbocycles. The van der Waals surface area contributed by atoms with Crippen molar-refractivity contribution in [2.45, 2.75) is 26.1 Å². The van der Waals surface area contributed by atoms with Crippen molar-refractivity contribution in [1.29, 1.82) is 0 Å². The number of rotatable bonds is 2. The molecule has 0 fully saturated rings. The number of esters is 1. The first-order valence-corrected chi connectivity index (χ1v) is 4.65. The first kappa shape index (κ1) is 12.5. The van der Waals surface area contributed by atoms with Gasteiger partial charge in [-0.3, -0.25) is 4.79 Å². The quantitative estimate of drug-likeness (QED) is 0.731. The van der Waals surface area contributed by atoms with Crippen molar-refractivity contribution >= 4 is 5.97 Å². The molecule has 16 heavy (non-hydrogen) atoms.